The highest BCUT2D eigenvalue weighted by Crippen LogP contribution is 2.41. The Kier molecular flexibility index (Phi) is 6.04. The van der Waals surface area contributed by atoms with Crippen molar-refractivity contribution in [3.63, 3.8) is 0 Å². The van der Waals surface area contributed by atoms with Crippen LogP contribution in [0.2, 0.25) is 0 Å². The number of rotatable bonds is 9. The van der Waals surface area contributed by atoms with Gasteiger partial charge >= 0.3 is 0 Å². The van der Waals surface area contributed by atoms with Crippen molar-refractivity contribution < 1.29 is 12.8 Å². The van der Waals surface area contributed by atoms with Gasteiger partial charge in [0.15, 0.2) is 0 Å². The van der Waals surface area contributed by atoms with Crippen molar-refractivity contribution in [1.82, 2.24) is 10.0 Å². The molecule has 156 valence electrons. The predicted molar refractivity (Wildman–Crippen MR) is 114 cm³/mol. The van der Waals surface area contributed by atoms with Crippen LogP contribution in [-0.4, -0.2) is 27.8 Å². The minimum Gasteiger partial charge on any atom is -0.319 e. The summed E-state index contributed by atoms with van der Waals surface area (Å²) < 4.78 is 41.7. The minimum absolute atomic E-state index is 0.0168. The van der Waals surface area contributed by atoms with Crippen molar-refractivity contribution in [2.45, 2.75) is 38.1 Å². The van der Waals surface area contributed by atoms with E-state index in [-0.39, 0.29) is 24.0 Å². The zero-order valence-corrected chi connectivity index (χ0v) is 17.6. The number of nitrogens with one attached hydrogen (secondary N) is 2. The molecule has 2 atom stereocenters. The summed E-state index contributed by atoms with van der Waals surface area (Å²) in [5.74, 6) is 0.801. The van der Waals surface area contributed by atoms with Crippen molar-refractivity contribution in [3.05, 3.63) is 70.5 Å². The van der Waals surface area contributed by atoms with Crippen LogP contribution in [0.25, 0.3) is 0 Å². The maximum atomic E-state index is 14.7. The van der Waals surface area contributed by atoms with Gasteiger partial charge in [0.05, 0.1) is 5.75 Å². The van der Waals surface area contributed by atoms with Gasteiger partial charge in [-0.15, -0.1) is 0 Å². The van der Waals surface area contributed by atoms with E-state index in [4.69, 9.17) is 0 Å². The molecule has 0 aromatic heterocycles. The summed E-state index contributed by atoms with van der Waals surface area (Å²) in [6.07, 6.45) is 3.70. The molecule has 0 heterocycles. The highest BCUT2D eigenvalue weighted by atomic mass is 32.2. The number of fused-ring (bicyclic) bond motifs is 1. The fourth-order valence-corrected chi connectivity index (χ4v) is 5.92. The van der Waals surface area contributed by atoms with Crippen LogP contribution in [0.5, 0.6) is 0 Å². The van der Waals surface area contributed by atoms with Crippen LogP contribution in [0.1, 0.15) is 41.0 Å². The molecule has 1 fully saturated rings. The van der Waals surface area contributed by atoms with Gasteiger partial charge in [0.1, 0.15) is 5.82 Å². The Morgan fingerprint density at radius 1 is 1.14 bits per heavy atom. The molecule has 0 aliphatic heterocycles. The van der Waals surface area contributed by atoms with Crippen molar-refractivity contribution >= 4 is 10.0 Å². The van der Waals surface area contributed by atoms with Crippen LogP contribution in [0.3, 0.4) is 0 Å². The average molecular weight is 417 g/mol. The van der Waals surface area contributed by atoms with Gasteiger partial charge in [-0.05, 0) is 79.8 Å². The highest BCUT2D eigenvalue weighted by Gasteiger charge is 2.33. The van der Waals surface area contributed by atoms with Gasteiger partial charge in [-0.1, -0.05) is 36.4 Å². The van der Waals surface area contributed by atoms with Gasteiger partial charge in [0, 0.05) is 12.1 Å². The average Bonchev–Trinajstić information content (AvgIpc) is 3.43. The first-order chi connectivity index (χ1) is 13.9. The largest absolute Gasteiger partial charge is 0.319 e. The fourth-order valence-electron chi connectivity index (χ4n) is 4.48. The Morgan fingerprint density at radius 2 is 1.90 bits per heavy atom. The maximum Gasteiger partial charge on any atom is 0.212 e. The first-order valence-corrected chi connectivity index (χ1v) is 12.1. The predicted octanol–water partition coefficient (Wildman–Crippen LogP) is 3.37. The van der Waals surface area contributed by atoms with E-state index >= 15 is 0 Å². The summed E-state index contributed by atoms with van der Waals surface area (Å²) in [7, 11) is -1.41. The number of hydrogen-bond donors (Lipinski definition) is 2. The van der Waals surface area contributed by atoms with Crippen molar-refractivity contribution in [1.29, 1.82) is 0 Å². The zero-order chi connectivity index (χ0) is 20.4. The van der Waals surface area contributed by atoms with Gasteiger partial charge < -0.3 is 5.32 Å². The van der Waals surface area contributed by atoms with E-state index in [1.807, 2.05) is 31.3 Å². The van der Waals surface area contributed by atoms with Crippen LogP contribution in [0.15, 0.2) is 42.5 Å². The summed E-state index contributed by atoms with van der Waals surface area (Å²) in [6, 6.07) is 13.9. The molecular weight excluding hydrogens is 387 g/mol. The fraction of sp³-hybridized carbons (Fsp3) is 0.478. The minimum atomic E-state index is -3.36. The third kappa shape index (κ3) is 5.05. The summed E-state index contributed by atoms with van der Waals surface area (Å²) in [4.78, 5) is 0. The third-order valence-electron chi connectivity index (χ3n) is 6.16. The normalized spacial score (nSPS) is 21.3. The highest BCUT2D eigenvalue weighted by molar-refractivity contribution is 7.89. The van der Waals surface area contributed by atoms with Gasteiger partial charge in [0.2, 0.25) is 10.0 Å². The molecule has 0 bridgehead atoms. The van der Waals surface area contributed by atoms with E-state index in [9.17, 15) is 12.8 Å². The molecule has 1 saturated carbocycles. The molecule has 29 heavy (non-hydrogen) atoms. The Bertz CT molecular complexity index is 958. The second-order valence-electron chi connectivity index (χ2n) is 8.51. The van der Waals surface area contributed by atoms with E-state index in [1.165, 1.54) is 5.56 Å². The lowest BCUT2D eigenvalue weighted by Gasteiger charge is -2.21. The first-order valence-electron chi connectivity index (χ1n) is 10.4. The monoisotopic (exact) mass is 416 g/mol. The molecule has 0 saturated heterocycles. The molecule has 2 unspecified atom stereocenters. The molecule has 4 rings (SSSR count). The summed E-state index contributed by atoms with van der Waals surface area (Å²) in [6.45, 7) is 0.889. The molecule has 2 aromatic rings. The van der Waals surface area contributed by atoms with Crippen molar-refractivity contribution in [3.8, 4) is 0 Å². The van der Waals surface area contributed by atoms with Crippen LogP contribution in [0.4, 0.5) is 4.39 Å². The van der Waals surface area contributed by atoms with E-state index < -0.39 is 10.0 Å². The van der Waals surface area contributed by atoms with Gasteiger partial charge in [-0.2, -0.15) is 0 Å². The molecular formula is C23H29FN2O2S. The molecule has 2 aliphatic carbocycles. The number of benzene rings is 2. The molecule has 0 spiro atoms. The number of halogens is 1. The quantitative estimate of drug-likeness (QED) is 0.659. The molecule has 0 radical (unpaired) electrons. The lowest BCUT2D eigenvalue weighted by Crippen LogP contribution is -2.27. The second-order valence-corrected chi connectivity index (χ2v) is 10.4. The van der Waals surface area contributed by atoms with Crippen LogP contribution < -0.4 is 10.0 Å². The van der Waals surface area contributed by atoms with Gasteiger partial charge in [-0.3, -0.25) is 0 Å². The summed E-state index contributed by atoms with van der Waals surface area (Å²) in [5.41, 5.74) is 3.91. The number of hydrogen-bond acceptors (Lipinski definition) is 3. The van der Waals surface area contributed by atoms with E-state index in [0.717, 1.165) is 43.4 Å². The lowest BCUT2D eigenvalue weighted by molar-refractivity contribution is 0.436. The second kappa shape index (κ2) is 8.54. The molecule has 6 heteroatoms. The first kappa shape index (κ1) is 20.5. The standard InChI is InChI=1S/C23H29FN2O2S/c1-25-13-19-10-18-12-23(24)20(14-26-29(27,28)15-17-7-8-17)11-22(18)21(19)9-16-5-3-2-4-6-16/h2-6,11-12,17,19,21,25-26H,7-10,13-15H2,1H3. The summed E-state index contributed by atoms with van der Waals surface area (Å²) >= 11 is 0. The topological polar surface area (TPSA) is 58.2 Å². The Balaban J connectivity index is 1.56. The third-order valence-corrected chi connectivity index (χ3v) is 7.65. The SMILES string of the molecule is CNCC1Cc2cc(F)c(CNS(=O)(=O)CC3CC3)cc2C1Cc1ccccc1. The van der Waals surface area contributed by atoms with Gasteiger partial charge in [-0.25, -0.2) is 17.5 Å². The van der Waals surface area contributed by atoms with E-state index in [0.29, 0.717) is 17.4 Å². The Hall–Kier alpha value is -1.76. The van der Waals surface area contributed by atoms with Gasteiger partial charge in [0.25, 0.3) is 0 Å². The van der Waals surface area contributed by atoms with Crippen molar-refractivity contribution in [2.24, 2.45) is 11.8 Å². The van der Waals surface area contributed by atoms with Crippen LogP contribution in [0, 0.1) is 17.7 Å². The van der Waals surface area contributed by atoms with Crippen molar-refractivity contribution in [2.75, 3.05) is 19.3 Å². The molecule has 2 aliphatic rings. The molecule has 2 aromatic carbocycles. The Labute approximate surface area is 173 Å². The number of sulfonamides is 1. The zero-order valence-electron chi connectivity index (χ0n) is 16.8. The van der Waals surface area contributed by atoms with E-state index in [2.05, 4.69) is 22.2 Å². The Morgan fingerprint density at radius 3 is 2.59 bits per heavy atom. The summed E-state index contributed by atoms with van der Waals surface area (Å²) in [5, 5.41) is 3.27. The smallest absolute Gasteiger partial charge is 0.212 e. The molecule has 4 nitrogen and oxygen atoms in total. The molecule has 0 amide bonds. The maximum absolute atomic E-state index is 14.7. The van der Waals surface area contributed by atoms with Crippen LogP contribution >= 0.6 is 0 Å². The lowest BCUT2D eigenvalue weighted by atomic mass is 9.86. The molecule has 2 N–H and O–H groups in total. The van der Waals surface area contributed by atoms with Crippen LogP contribution in [-0.2, 0) is 29.4 Å². The van der Waals surface area contributed by atoms with E-state index in [1.54, 1.807) is 6.07 Å².